The predicted octanol–water partition coefficient (Wildman–Crippen LogP) is 4.87. The number of carboxylic acids is 1. The molecule has 4 fully saturated rings. The molecule has 4 saturated carbocycles. The fraction of sp³-hybridized carbons (Fsp3) is 0.960. The van der Waals surface area contributed by atoms with Crippen LogP contribution in [0.15, 0.2) is 0 Å². The third-order valence-corrected chi connectivity index (χ3v) is 10.6. The van der Waals surface area contributed by atoms with Crippen molar-refractivity contribution < 1.29 is 20.1 Å². The first-order chi connectivity index (χ1) is 13.5. The number of hydrogen-bond acceptors (Lipinski definition) is 3. The topological polar surface area (TPSA) is 77.8 Å². The van der Waals surface area contributed by atoms with Crippen LogP contribution >= 0.6 is 0 Å². The van der Waals surface area contributed by atoms with Gasteiger partial charge in [-0.05, 0) is 111 Å². The molecule has 3 N–H and O–H groups in total. The van der Waals surface area contributed by atoms with E-state index in [-0.39, 0.29) is 23.4 Å². The van der Waals surface area contributed by atoms with Gasteiger partial charge in [0.2, 0.25) is 0 Å². The molecule has 0 radical (unpaired) electrons. The quantitative estimate of drug-likeness (QED) is 0.622. The lowest BCUT2D eigenvalue weighted by Gasteiger charge is -2.65. The zero-order chi connectivity index (χ0) is 21.2. The zero-order valence-corrected chi connectivity index (χ0v) is 18.9. The van der Waals surface area contributed by atoms with Crippen molar-refractivity contribution in [2.75, 3.05) is 0 Å². The molecule has 4 rings (SSSR count). The van der Waals surface area contributed by atoms with Crippen molar-refractivity contribution in [2.45, 2.75) is 104 Å². The summed E-state index contributed by atoms with van der Waals surface area (Å²) in [6.45, 7) is 9.25. The monoisotopic (exact) mass is 406 g/mol. The van der Waals surface area contributed by atoms with Gasteiger partial charge in [0, 0.05) is 6.42 Å². The molecule has 4 heteroatoms. The number of carbonyl (C=O) groups is 1. The van der Waals surface area contributed by atoms with E-state index in [0.29, 0.717) is 35.5 Å². The Morgan fingerprint density at radius 1 is 1.03 bits per heavy atom. The van der Waals surface area contributed by atoms with Crippen molar-refractivity contribution in [3.8, 4) is 0 Å². The molecule has 0 aromatic heterocycles. The maximum absolute atomic E-state index is 11.7. The maximum atomic E-state index is 11.7. The van der Waals surface area contributed by atoms with Gasteiger partial charge in [0.05, 0.1) is 11.7 Å². The third kappa shape index (κ3) is 3.37. The van der Waals surface area contributed by atoms with Crippen LogP contribution in [0.1, 0.15) is 91.9 Å². The molecule has 29 heavy (non-hydrogen) atoms. The minimum Gasteiger partial charge on any atom is -0.481 e. The van der Waals surface area contributed by atoms with Crippen molar-refractivity contribution in [1.82, 2.24) is 0 Å². The van der Waals surface area contributed by atoms with E-state index >= 15 is 0 Å². The Morgan fingerprint density at radius 3 is 2.38 bits per heavy atom. The van der Waals surface area contributed by atoms with Crippen molar-refractivity contribution in [3.63, 3.8) is 0 Å². The zero-order valence-electron chi connectivity index (χ0n) is 18.9. The van der Waals surface area contributed by atoms with Crippen LogP contribution in [0.5, 0.6) is 0 Å². The van der Waals surface area contributed by atoms with E-state index < -0.39 is 11.6 Å². The van der Waals surface area contributed by atoms with Gasteiger partial charge in [-0.3, -0.25) is 4.79 Å². The highest BCUT2D eigenvalue weighted by Crippen LogP contribution is 2.70. The Kier molecular flexibility index (Phi) is 5.38. The van der Waals surface area contributed by atoms with E-state index in [1.807, 2.05) is 0 Å². The molecule has 0 spiro atoms. The summed E-state index contributed by atoms with van der Waals surface area (Å²) in [5, 5.41) is 31.1. The molecule has 166 valence electrons. The average molecular weight is 407 g/mol. The highest BCUT2D eigenvalue weighted by molar-refractivity contribution is 5.66. The summed E-state index contributed by atoms with van der Waals surface area (Å²) >= 11 is 0. The van der Waals surface area contributed by atoms with Crippen LogP contribution in [0.4, 0.5) is 0 Å². The Bertz CT molecular complexity index is 645. The standard InChI is InChI=1S/C25H42O4/c1-15(5-8-21(27)28)18-6-7-19-22-20(10-12-24(18,19)3)23(2)11-9-17(26)13-16(23)14-25(22,4)29/h15-20,22,26,29H,5-14H2,1-4H3,(H,27,28)/t15-,16+,17-,18-,19+,20+,22+,23+,24-,25+/m1/s1. The van der Waals surface area contributed by atoms with Gasteiger partial charge in [-0.25, -0.2) is 0 Å². The van der Waals surface area contributed by atoms with Gasteiger partial charge in [-0.1, -0.05) is 20.8 Å². The van der Waals surface area contributed by atoms with Crippen LogP contribution in [0.2, 0.25) is 0 Å². The highest BCUT2D eigenvalue weighted by Gasteiger charge is 2.65. The van der Waals surface area contributed by atoms with E-state index in [0.717, 1.165) is 32.1 Å². The first-order valence-electron chi connectivity index (χ1n) is 12.1. The molecule has 0 aromatic carbocycles. The van der Waals surface area contributed by atoms with Crippen molar-refractivity contribution in [1.29, 1.82) is 0 Å². The summed E-state index contributed by atoms with van der Waals surface area (Å²) in [6, 6.07) is 0. The first kappa shape index (κ1) is 21.6. The second-order valence-corrected chi connectivity index (χ2v) is 12.1. The van der Waals surface area contributed by atoms with E-state index in [9.17, 15) is 15.0 Å². The molecule has 4 aliphatic carbocycles. The van der Waals surface area contributed by atoms with Crippen LogP contribution < -0.4 is 0 Å². The summed E-state index contributed by atoms with van der Waals surface area (Å²) in [5.41, 5.74) is -0.182. The average Bonchev–Trinajstić information content (AvgIpc) is 2.98. The van der Waals surface area contributed by atoms with Crippen LogP contribution in [0, 0.1) is 46.3 Å². The summed E-state index contributed by atoms with van der Waals surface area (Å²) in [7, 11) is 0. The lowest BCUT2D eigenvalue weighted by Crippen LogP contribution is -2.62. The molecule has 10 atom stereocenters. The van der Waals surface area contributed by atoms with Gasteiger partial charge in [0.1, 0.15) is 0 Å². The fourth-order valence-corrected chi connectivity index (χ4v) is 9.11. The molecule has 0 aromatic rings. The lowest BCUT2D eigenvalue weighted by molar-refractivity contribution is -0.212. The van der Waals surface area contributed by atoms with Gasteiger partial charge < -0.3 is 15.3 Å². The van der Waals surface area contributed by atoms with Gasteiger partial charge >= 0.3 is 5.97 Å². The molecule has 4 nitrogen and oxygen atoms in total. The number of aliphatic carboxylic acids is 1. The van der Waals surface area contributed by atoms with Gasteiger partial charge in [0.15, 0.2) is 0 Å². The van der Waals surface area contributed by atoms with Crippen LogP contribution in [0.25, 0.3) is 0 Å². The fourth-order valence-electron chi connectivity index (χ4n) is 9.11. The Morgan fingerprint density at radius 2 is 1.69 bits per heavy atom. The summed E-state index contributed by atoms with van der Waals surface area (Å²) < 4.78 is 0. The third-order valence-electron chi connectivity index (χ3n) is 10.6. The minimum absolute atomic E-state index is 0.194. The van der Waals surface area contributed by atoms with E-state index in [2.05, 4.69) is 27.7 Å². The first-order valence-corrected chi connectivity index (χ1v) is 12.1. The maximum Gasteiger partial charge on any atom is 0.303 e. The largest absolute Gasteiger partial charge is 0.481 e. The molecule has 4 aliphatic rings. The number of fused-ring (bicyclic) bond motifs is 5. The Balaban J connectivity index is 1.60. The second-order valence-electron chi connectivity index (χ2n) is 12.1. The van der Waals surface area contributed by atoms with Gasteiger partial charge in [0.25, 0.3) is 0 Å². The van der Waals surface area contributed by atoms with Crippen molar-refractivity contribution in [3.05, 3.63) is 0 Å². The number of hydrogen-bond donors (Lipinski definition) is 3. The van der Waals surface area contributed by atoms with Crippen LogP contribution in [-0.2, 0) is 4.79 Å². The molecular weight excluding hydrogens is 364 g/mol. The van der Waals surface area contributed by atoms with E-state index in [4.69, 9.17) is 5.11 Å². The summed E-state index contributed by atoms with van der Waals surface area (Å²) in [5.74, 6) is 2.18. The van der Waals surface area contributed by atoms with Crippen molar-refractivity contribution >= 4 is 5.97 Å². The lowest BCUT2D eigenvalue weighted by atomic mass is 9.41. The van der Waals surface area contributed by atoms with E-state index in [1.54, 1.807) is 0 Å². The van der Waals surface area contributed by atoms with Crippen molar-refractivity contribution in [2.24, 2.45) is 46.3 Å². The molecule has 0 bridgehead atoms. The van der Waals surface area contributed by atoms with Gasteiger partial charge in [-0.15, -0.1) is 0 Å². The van der Waals surface area contributed by atoms with Crippen LogP contribution in [-0.4, -0.2) is 33.0 Å². The van der Waals surface area contributed by atoms with Crippen LogP contribution in [0.3, 0.4) is 0 Å². The summed E-state index contributed by atoms with van der Waals surface area (Å²) in [4.78, 5) is 11.1. The Hall–Kier alpha value is -0.610. The minimum atomic E-state index is -0.686. The number of rotatable bonds is 4. The predicted molar refractivity (Wildman–Crippen MR) is 113 cm³/mol. The van der Waals surface area contributed by atoms with E-state index in [1.165, 1.54) is 25.7 Å². The Labute approximate surface area is 176 Å². The highest BCUT2D eigenvalue weighted by atomic mass is 16.4. The molecule has 0 amide bonds. The SMILES string of the molecule is C[C@H](CCC(=O)O)[C@H]1CC[C@H]2[C@H]3[C@H](CC[C@]12C)[C@@]1(C)CC[C@@H](O)C[C@H]1C[C@]3(C)O. The summed E-state index contributed by atoms with van der Waals surface area (Å²) in [6.07, 6.45) is 9.28. The normalized spacial score (nSPS) is 52.9. The molecular formula is C25H42O4. The molecule has 0 unspecified atom stereocenters. The second kappa shape index (κ2) is 7.22. The van der Waals surface area contributed by atoms with Gasteiger partial charge in [-0.2, -0.15) is 0 Å². The number of aliphatic hydroxyl groups is 2. The smallest absolute Gasteiger partial charge is 0.303 e. The molecule has 0 heterocycles. The number of aliphatic hydroxyl groups excluding tert-OH is 1. The molecule has 0 saturated heterocycles. The number of carboxylic acid groups (broad SMARTS) is 1. The molecule has 0 aliphatic heterocycles.